The molecule has 1 fully saturated rings. The fourth-order valence-corrected chi connectivity index (χ4v) is 3.05. The van der Waals surface area contributed by atoms with E-state index in [4.69, 9.17) is 0 Å². The molecule has 1 aliphatic heterocycles. The van der Waals surface area contributed by atoms with Gasteiger partial charge in [-0.05, 0) is 40.7 Å². The van der Waals surface area contributed by atoms with Crippen molar-refractivity contribution in [1.29, 1.82) is 0 Å². The lowest BCUT2D eigenvalue weighted by Gasteiger charge is -2.38. The van der Waals surface area contributed by atoms with Gasteiger partial charge in [-0.25, -0.2) is 4.79 Å². The summed E-state index contributed by atoms with van der Waals surface area (Å²) < 4.78 is 0. The van der Waals surface area contributed by atoms with Crippen LogP contribution >= 0.6 is 0 Å². The molecule has 0 unspecified atom stereocenters. The minimum atomic E-state index is -0.0326. The van der Waals surface area contributed by atoms with Crippen LogP contribution in [0.3, 0.4) is 0 Å². The van der Waals surface area contributed by atoms with Gasteiger partial charge >= 0.3 is 6.03 Å². The van der Waals surface area contributed by atoms with Crippen LogP contribution in [0.1, 0.15) is 25.3 Å². The third kappa shape index (κ3) is 3.64. The van der Waals surface area contributed by atoms with Gasteiger partial charge < -0.3 is 15.3 Å². The van der Waals surface area contributed by atoms with Crippen molar-refractivity contribution in [3.05, 3.63) is 48.0 Å². The summed E-state index contributed by atoms with van der Waals surface area (Å²) >= 11 is 0. The largest absolute Gasteiger partial charge is 0.396 e. The number of aliphatic hydroxyl groups is 1. The number of piperidine rings is 1. The maximum Gasteiger partial charge on any atom is 0.317 e. The monoisotopic (exact) mass is 312 g/mol. The van der Waals surface area contributed by atoms with Gasteiger partial charge in [-0.3, -0.25) is 0 Å². The number of amides is 2. The maximum absolute atomic E-state index is 12.3. The normalized spacial score (nSPS) is 17.2. The quantitative estimate of drug-likeness (QED) is 0.915. The smallest absolute Gasteiger partial charge is 0.317 e. The molecule has 0 saturated carbocycles. The van der Waals surface area contributed by atoms with E-state index in [1.165, 1.54) is 10.8 Å². The van der Waals surface area contributed by atoms with Crippen molar-refractivity contribution >= 4 is 16.8 Å². The molecular weight excluding hydrogens is 288 g/mol. The first-order chi connectivity index (χ1) is 11.1. The van der Waals surface area contributed by atoms with E-state index in [1.54, 1.807) is 0 Å². The van der Waals surface area contributed by atoms with Crippen LogP contribution in [0.15, 0.2) is 42.5 Å². The number of hydrogen-bond acceptors (Lipinski definition) is 2. The van der Waals surface area contributed by atoms with E-state index in [-0.39, 0.29) is 18.1 Å². The van der Waals surface area contributed by atoms with Crippen LogP contribution in [-0.2, 0) is 6.54 Å². The summed E-state index contributed by atoms with van der Waals surface area (Å²) in [4.78, 5) is 14.1. The van der Waals surface area contributed by atoms with Crippen molar-refractivity contribution in [2.45, 2.75) is 26.3 Å². The van der Waals surface area contributed by atoms with Gasteiger partial charge in [0.2, 0.25) is 0 Å². The Morgan fingerprint density at radius 2 is 1.87 bits per heavy atom. The lowest BCUT2D eigenvalue weighted by molar-refractivity contribution is 0.0700. The maximum atomic E-state index is 12.3. The predicted octanol–water partition coefficient (Wildman–Crippen LogP) is 3.14. The van der Waals surface area contributed by atoms with E-state index < -0.39 is 0 Å². The molecule has 0 aliphatic carbocycles. The molecule has 3 rings (SSSR count). The molecule has 1 saturated heterocycles. The van der Waals surface area contributed by atoms with Crippen LogP contribution in [0.2, 0.25) is 0 Å². The van der Waals surface area contributed by atoms with Crippen LogP contribution in [0, 0.1) is 5.41 Å². The predicted molar refractivity (Wildman–Crippen MR) is 92.2 cm³/mol. The van der Waals surface area contributed by atoms with Gasteiger partial charge in [-0.15, -0.1) is 0 Å². The molecule has 23 heavy (non-hydrogen) atoms. The molecule has 1 aliphatic rings. The first kappa shape index (κ1) is 15.8. The third-order valence-corrected chi connectivity index (χ3v) is 4.90. The molecule has 2 aromatic rings. The average Bonchev–Trinajstić information content (AvgIpc) is 2.60. The number of carbonyl (C=O) groups is 1. The molecule has 2 amide bonds. The Hall–Kier alpha value is -2.07. The van der Waals surface area contributed by atoms with Crippen molar-refractivity contribution in [1.82, 2.24) is 10.2 Å². The summed E-state index contributed by atoms with van der Waals surface area (Å²) in [6.07, 6.45) is 1.71. The molecule has 4 nitrogen and oxygen atoms in total. The molecule has 4 heteroatoms. The highest BCUT2D eigenvalue weighted by atomic mass is 16.3. The molecule has 2 aromatic carbocycles. The van der Waals surface area contributed by atoms with Crippen LogP contribution in [0.5, 0.6) is 0 Å². The number of rotatable bonds is 3. The topological polar surface area (TPSA) is 52.6 Å². The highest BCUT2D eigenvalue weighted by Crippen LogP contribution is 2.29. The zero-order valence-corrected chi connectivity index (χ0v) is 13.6. The number of fused-ring (bicyclic) bond motifs is 1. The molecular formula is C19H24N2O2. The molecule has 0 radical (unpaired) electrons. The highest BCUT2D eigenvalue weighted by molar-refractivity contribution is 5.83. The Labute approximate surface area is 137 Å². The van der Waals surface area contributed by atoms with Gasteiger partial charge in [0, 0.05) is 26.2 Å². The summed E-state index contributed by atoms with van der Waals surface area (Å²) in [5, 5.41) is 14.8. The number of likely N-dealkylation sites (tertiary alicyclic amines) is 1. The second-order valence-electron chi connectivity index (χ2n) is 6.80. The van der Waals surface area contributed by atoms with Crippen molar-refractivity contribution in [2.75, 3.05) is 19.7 Å². The molecule has 0 atom stereocenters. The van der Waals surface area contributed by atoms with Crippen molar-refractivity contribution in [3.8, 4) is 0 Å². The van der Waals surface area contributed by atoms with E-state index in [9.17, 15) is 9.90 Å². The Kier molecular flexibility index (Phi) is 4.53. The Morgan fingerprint density at radius 1 is 1.17 bits per heavy atom. The summed E-state index contributed by atoms with van der Waals surface area (Å²) in [5.74, 6) is 0. The van der Waals surface area contributed by atoms with Crippen molar-refractivity contribution in [2.24, 2.45) is 5.41 Å². The van der Waals surface area contributed by atoms with Gasteiger partial charge in [0.1, 0.15) is 0 Å². The number of nitrogens with one attached hydrogen (secondary N) is 1. The Balaban J connectivity index is 1.56. The van der Waals surface area contributed by atoms with Gasteiger partial charge in [-0.1, -0.05) is 43.3 Å². The van der Waals surface area contributed by atoms with Crippen molar-refractivity contribution in [3.63, 3.8) is 0 Å². The van der Waals surface area contributed by atoms with E-state index in [2.05, 4.69) is 42.6 Å². The summed E-state index contributed by atoms with van der Waals surface area (Å²) in [6.45, 7) is 4.23. The van der Waals surface area contributed by atoms with Gasteiger partial charge in [0.25, 0.3) is 0 Å². The van der Waals surface area contributed by atoms with Gasteiger partial charge in [0.15, 0.2) is 0 Å². The van der Waals surface area contributed by atoms with E-state index in [0.29, 0.717) is 19.6 Å². The van der Waals surface area contributed by atoms with Gasteiger partial charge in [0.05, 0.1) is 0 Å². The fourth-order valence-electron chi connectivity index (χ4n) is 3.05. The molecule has 122 valence electrons. The highest BCUT2D eigenvalue weighted by Gasteiger charge is 2.31. The van der Waals surface area contributed by atoms with Crippen LogP contribution in [-0.4, -0.2) is 35.7 Å². The second kappa shape index (κ2) is 6.59. The summed E-state index contributed by atoms with van der Waals surface area (Å²) in [6, 6.07) is 14.5. The molecule has 0 bridgehead atoms. The lowest BCUT2D eigenvalue weighted by Crippen LogP contribution is -2.47. The first-order valence-corrected chi connectivity index (χ1v) is 8.21. The zero-order chi connectivity index (χ0) is 16.3. The first-order valence-electron chi connectivity index (χ1n) is 8.21. The Bertz CT molecular complexity index is 691. The van der Waals surface area contributed by atoms with Crippen LogP contribution in [0.4, 0.5) is 4.79 Å². The summed E-state index contributed by atoms with van der Waals surface area (Å²) in [5.41, 5.74) is 1.07. The van der Waals surface area contributed by atoms with E-state index >= 15 is 0 Å². The van der Waals surface area contributed by atoms with Crippen LogP contribution < -0.4 is 5.32 Å². The minimum Gasteiger partial charge on any atom is -0.396 e. The number of carbonyl (C=O) groups excluding carboxylic acids is 1. The molecule has 0 aromatic heterocycles. The third-order valence-electron chi connectivity index (χ3n) is 4.90. The fraction of sp³-hybridized carbons (Fsp3) is 0.421. The summed E-state index contributed by atoms with van der Waals surface area (Å²) in [7, 11) is 0. The standard InChI is InChI=1S/C19H24N2O2/c1-19(14-22)8-10-21(11-9-19)18(23)20-13-15-6-7-16-4-2-3-5-17(16)12-15/h2-7,12,22H,8-11,13-14H2,1H3,(H,20,23). The number of aliphatic hydroxyl groups excluding tert-OH is 1. The van der Waals surface area contributed by atoms with E-state index in [1.807, 2.05) is 17.0 Å². The molecule has 0 spiro atoms. The Morgan fingerprint density at radius 3 is 2.57 bits per heavy atom. The number of nitrogens with zero attached hydrogens (tertiary/aromatic N) is 1. The number of urea groups is 1. The zero-order valence-electron chi connectivity index (χ0n) is 13.6. The second-order valence-corrected chi connectivity index (χ2v) is 6.80. The van der Waals surface area contributed by atoms with Gasteiger partial charge in [-0.2, -0.15) is 0 Å². The number of benzene rings is 2. The van der Waals surface area contributed by atoms with Crippen LogP contribution in [0.25, 0.3) is 10.8 Å². The average molecular weight is 312 g/mol. The minimum absolute atomic E-state index is 0.0156. The van der Waals surface area contributed by atoms with E-state index in [0.717, 1.165) is 18.4 Å². The molecule has 1 heterocycles. The number of hydrogen-bond donors (Lipinski definition) is 2. The lowest BCUT2D eigenvalue weighted by atomic mass is 9.81. The SMILES string of the molecule is CC1(CO)CCN(C(=O)NCc2ccc3ccccc3c2)CC1. The van der Waals surface area contributed by atoms with Crippen molar-refractivity contribution < 1.29 is 9.90 Å². The molecule has 2 N–H and O–H groups in total.